The Bertz CT molecular complexity index is 508. The van der Waals surface area contributed by atoms with Crippen molar-refractivity contribution >= 4 is 27.5 Å². The van der Waals surface area contributed by atoms with Gasteiger partial charge in [-0.3, -0.25) is 0 Å². The summed E-state index contributed by atoms with van der Waals surface area (Å²) in [7, 11) is 0. The van der Waals surface area contributed by atoms with Crippen LogP contribution in [0.4, 0.5) is 0 Å². The van der Waals surface area contributed by atoms with Gasteiger partial charge in [0.1, 0.15) is 5.75 Å². The summed E-state index contributed by atoms with van der Waals surface area (Å²) in [5, 5.41) is 0.583. The zero-order valence-electron chi connectivity index (χ0n) is 9.50. The molecule has 0 aliphatic rings. The van der Waals surface area contributed by atoms with Crippen LogP contribution >= 0.6 is 27.5 Å². The zero-order chi connectivity index (χ0) is 12.4. The van der Waals surface area contributed by atoms with Gasteiger partial charge in [-0.1, -0.05) is 17.7 Å². The fourth-order valence-electron chi connectivity index (χ4n) is 1.39. The second-order valence-electron chi connectivity index (χ2n) is 3.84. The Balaban J connectivity index is 2.31. The van der Waals surface area contributed by atoms with E-state index in [0.29, 0.717) is 16.7 Å². The summed E-state index contributed by atoms with van der Waals surface area (Å²) in [5.74, 6) is 1.12. The largest absolute Gasteiger partial charge is 0.436 e. The number of aryl methyl sites for hydroxylation is 2. The van der Waals surface area contributed by atoms with E-state index in [4.69, 9.17) is 16.3 Å². The molecule has 2 nitrogen and oxygen atoms in total. The predicted octanol–water partition coefficient (Wildman–Crippen LogP) is 4.91. The molecule has 0 bridgehead atoms. The van der Waals surface area contributed by atoms with Gasteiger partial charge < -0.3 is 4.74 Å². The molecule has 4 heteroatoms. The fourth-order valence-corrected chi connectivity index (χ4v) is 2.21. The van der Waals surface area contributed by atoms with Crippen LogP contribution in [0.1, 0.15) is 11.1 Å². The molecule has 1 heterocycles. The first kappa shape index (κ1) is 12.4. The normalized spacial score (nSPS) is 10.4. The first-order valence-electron chi connectivity index (χ1n) is 5.12. The van der Waals surface area contributed by atoms with Crippen molar-refractivity contribution in [2.75, 3.05) is 0 Å². The molecule has 0 saturated carbocycles. The van der Waals surface area contributed by atoms with Crippen LogP contribution in [-0.4, -0.2) is 4.98 Å². The predicted molar refractivity (Wildman–Crippen MR) is 72.9 cm³/mol. The second-order valence-corrected chi connectivity index (χ2v) is 5.10. The van der Waals surface area contributed by atoms with Gasteiger partial charge in [0.05, 0.1) is 9.50 Å². The highest BCUT2D eigenvalue weighted by Crippen LogP contribution is 2.32. The third-order valence-electron chi connectivity index (χ3n) is 2.24. The van der Waals surface area contributed by atoms with Crippen molar-refractivity contribution < 1.29 is 4.74 Å². The Morgan fingerprint density at radius 1 is 1.18 bits per heavy atom. The molecule has 2 aromatic rings. The molecule has 0 aliphatic heterocycles. The summed E-state index contributed by atoms with van der Waals surface area (Å²) in [5.41, 5.74) is 2.16. The molecule has 0 atom stereocenters. The third kappa shape index (κ3) is 2.99. The summed E-state index contributed by atoms with van der Waals surface area (Å²) in [6.45, 7) is 3.95. The number of rotatable bonds is 2. The Hall–Kier alpha value is -1.06. The van der Waals surface area contributed by atoms with Crippen molar-refractivity contribution in [1.82, 2.24) is 4.98 Å². The van der Waals surface area contributed by atoms with Crippen LogP contribution in [0, 0.1) is 13.8 Å². The van der Waals surface area contributed by atoms with Crippen LogP contribution in [0.25, 0.3) is 0 Å². The van der Waals surface area contributed by atoms with E-state index in [2.05, 4.69) is 20.9 Å². The minimum atomic E-state index is 0.515. The average molecular weight is 313 g/mol. The summed E-state index contributed by atoms with van der Waals surface area (Å²) >= 11 is 9.51. The third-order valence-corrected chi connectivity index (χ3v) is 3.10. The lowest BCUT2D eigenvalue weighted by atomic mass is 10.2. The average Bonchev–Trinajstić information content (AvgIpc) is 2.25. The van der Waals surface area contributed by atoms with Crippen molar-refractivity contribution in [3.05, 3.63) is 51.1 Å². The molecule has 0 aliphatic carbocycles. The lowest BCUT2D eigenvalue weighted by molar-refractivity contribution is 0.459. The van der Waals surface area contributed by atoms with Crippen molar-refractivity contribution in [2.45, 2.75) is 13.8 Å². The minimum Gasteiger partial charge on any atom is -0.436 e. The van der Waals surface area contributed by atoms with Gasteiger partial charge in [-0.2, -0.15) is 0 Å². The highest BCUT2D eigenvalue weighted by Gasteiger charge is 2.07. The quantitative estimate of drug-likeness (QED) is 0.786. The molecular formula is C13H11BrClNO. The molecule has 0 unspecified atom stereocenters. The van der Waals surface area contributed by atoms with Crippen LogP contribution in [0.2, 0.25) is 5.02 Å². The van der Waals surface area contributed by atoms with Crippen LogP contribution in [0.3, 0.4) is 0 Å². The van der Waals surface area contributed by atoms with E-state index >= 15 is 0 Å². The Morgan fingerprint density at radius 2 is 1.94 bits per heavy atom. The molecule has 0 amide bonds. The van der Waals surface area contributed by atoms with Crippen molar-refractivity contribution in [3.8, 4) is 11.6 Å². The van der Waals surface area contributed by atoms with Crippen LogP contribution < -0.4 is 4.74 Å². The maximum atomic E-state index is 6.09. The molecule has 0 saturated heterocycles. The first-order valence-corrected chi connectivity index (χ1v) is 6.29. The number of nitrogens with zero attached hydrogens (tertiary/aromatic N) is 1. The van der Waals surface area contributed by atoms with Crippen LogP contribution in [0.5, 0.6) is 11.6 Å². The van der Waals surface area contributed by atoms with E-state index < -0.39 is 0 Å². The standard InChI is InChI=1S/C13H11BrClNO/c1-8-3-4-12(11(15)6-8)17-13-10(14)5-9(2)7-16-13/h3-7H,1-2H3. The maximum Gasteiger partial charge on any atom is 0.233 e. The summed E-state index contributed by atoms with van der Waals surface area (Å²) in [6.07, 6.45) is 1.75. The van der Waals surface area contributed by atoms with Gasteiger partial charge in [0.15, 0.2) is 0 Å². The van der Waals surface area contributed by atoms with Crippen LogP contribution in [-0.2, 0) is 0 Å². The van der Waals surface area contributed by atoms with Gasteiger partial charge >= 0.3 is 0 Å². The highest BCUT2D eigenvalue weighted by molar-refractivity contribution is 9.10. The Kier molecular flexibility index (Phi) is 3.69. The first-order chi connectivity index (χ1) is 8.06. The smallest absolute Gasteiger partial charge is 0.233 e. The lowest BCUT2D eigenvalue weighted by Gasteiger charge is -2.09. The number of halogens is 2. The second kappa shape index (κ2) is 5.07. The monoisotopic (exact) mass is 311 g/mol. The zero-order valence-corrected chi connectivity index (χ0v) is 11.8. The van der Waals surface area contributed by atoms with Gasteiger partial charge in [-0.25, -0.2) is 4.98 Å². The summed E-state index contributed by atoms with van der Waals surface area (Å²) in [6, 6.07) is 7.60. The van der Waals surface area contributed by atoms with E-state index in [0.717, 1.165) is 15.6 Å². The fraction of sp³-hybridized carbons (Fsp3) is 0.154. The maximum absolute atomic E-state index is 6.09. The van der Waals surface area contributed by atoms with E-state index in [1.807, 2.05) is 38.1 Å². The molecule has 1 aromatic carbocycles. The molecule has 0 radical (unpaired) electrons. The molecular weight excluding hydrogens is 302 g/mol. The molecule has 0 spiro atoms. The van der Waals surface area contributed by atoms with E-state index in [1.165, 1.54) is 0 Å². The van der Waals surface area contributed by atoms with Crippen LogP contribution in [0.15, 0.2) is 34.9 Å². The topological polar surface area (TPSA) is 22.1 Å². The lowest BCUT2D eigenvalue weighted by Crippen LogP contribution is -1.91. The van der Waals surface area contributed by atoms with E-state index in [-0.39, 0.29) is 0 Å². The molecule has 1 aromatic heterocycles. The van der Waals surface area contributed by atoms with Gasteiger partial charge in [-0.05, 0) is 59.1 Å². The number of ether oxygens (including phenoxy) is 1. The summed E-state index contributed by atoms with van der Waals surface area (Å²) in [4.78, 5) is 4.21. The molecule has 0 fully saturated rings. The van der Waals surface area contributed by atoms with Crippen molar-refractivity contribution in [2.24, 2.45) is 0 Å². The minimum absolute atomic E-state index is 0.515. The van der Waals surface area contributed by atoms with Crippen molar-refractivity contribution in [1.29, 1.82) is 0 Å². The van der Waals surface area contributed by atoms with Gasteiger partial charge in [0.2, 0.25) is 5.88 Å². The number of pyridine rings is 1. The number of hydrogen-bond donors (Lipinski definition) is 0. The number of benzene rings is 1. The number of aromatic nitrogens is 1. The van der Waals surface area contributed by atoms with Gasteiger partial charge in [-0.15, -0.1) is 0 Å². The molecule has 2 rings (SSSR count). The molecule has 88 valence electrons. The molecule has 0 N–H and O–H groups in total. The van der Waals surface area contributed by atoms with Gasteiger partial charge in [0.25, 0.3) is 0 Å². The van der Waals surface area contributed by atoms with Crippen molar-refractivity contribution in [3.63, 3.8) is 0 Å². The van der Waals surface area contributed by atoms with E-state index in [9.17, 15) is 0 Å². The Morgan fingerprint density at radius 3 is 2.59 bits per heavy atom. The Labute approximate surface area is 114 Å². The SMILES string of the molecule is Cc1ccc(Oc2ncc(C)cc2Br)c(Cl)c1. The van der Waals surface area contributed by atoms with E-state index in [1.54, 1.807) is 6.20 Å². The number of hydrogen-bond acceptors (Lipinski definition) is 2. The highest BCUT2D eigenvalue weighted by atomic mass is 79.9. The summed E-state index contributed by atoms with van der Waals surface area (Å²) < 4.78 is 6.47. The van der Waals surface area contributed by atoms with Gasteiger partial charge in [0, 0.05) is 6.20 Å². The molecule has 17 heavy (non-hydrogen) atoms.